The van der Waals surface area contributed by atoms with Gasteiger partial charge in [0.25, 0.3) is 5.91 Å². The largest absolute Gasteiger partial charge is 0.384 e. The van der Waals surface area contributed by atoms with Crippen molar-refractivity contribution in [2.24, 2.45) is 0 Å². The predicted molar refractivity (Wildman–Crippen MR) is 111 cm³/mol. The quantitative estimate of drug-likeness (QED) is 0.468. The average Bonchev–Trinajstić information content (AvgIpc) is 3.06. The molecule has 1 unspecified atom stereocenters. The van der Waals surface area contributed by atoms with Gasteiger partial charge in [-0.3, -0.25) is 19.7 Å². The van der Waals surface area contributed by atoms with Gasteiger partial charge in [0.15, 0.2) is 0 Å². The molecule has 4 N–H and O–H groups in total. The van der Waals surface area contributed by atoms with Crippen molar-refractivity contribution in [3.8, 4) is 0 Å². The number of benzene rings is 1. The zero-order valence-electron chi connectivity index (χ0n) is 16.7. The molecular weight excluding hydrogens is 382 g/mol. The molecule has 0 aliphatic carbocycles. The van der Waals surface area contributed by atoms with Gasteiger partial charge in [-0.05, 0) is 48.6 Å². The summed E-state index contributed by atoms with van der Waals surface area (Å²) in [5.74, 6) is -0.278. The second kappa shape index (κ2) is 8.62. The van der Waals surface area contributed by atoms with Gasteiger partial charge < -0.3 is 16.0 Å². The maximum atomic E-state index is 13.1. The first-order valence-corrected chi connectivity index (χ1v) is 10.2. The van der Waals surface area contributed by atoms with Gasteiger partial charge in [0.2, 0.25) is 11.8 Å². The molecule has 0 bridgehead atoms. The molecule has 4 rings (SSSR count). The van der Waals surface area contributed by atoms with Crippen LogP contribution >= 0.6 is 0 Å². The van der Waals surface area contributed by atoms with Gasteiger partial charge in [0, 0.05) is 31.3 Å². The van der Waals surface area contributed by atoms with Gasteiger partial charge in [0.05, 0.1) is 0 Å². The molecule has 1 fully saturated rings. The zero-order valence-corrected chi connectivity index (χ0v) is 16.7. The molecule has 1 aromatic carbocycles. The summed E-state index contributed by atoms with van der Waals surface area (Å²) < 4.78 is 0. The molecule has 1 saturated heterocycles. The Bertz CT molecular complexity index is 973. The number of nitrogens with one attached hydrogen (secondary N) is 2. The minimum absolute atomic E-state index is 0.134. The van der Waals surface area contributed by atoms with Crippen LogP contribution in [0.1, 0.15) is 46.3 Å². The third-order valence-corrected chi connectivity index (χ3v) is 5.62. The van der Waals surface area contributed by atoms with Crippen LogP contribution in [0.4, 0.5) is 5.82 Å². The number of pyridine rings is 1. The molecule has 156 valence electrons. The Balaban J connectivity index is 1.34. The van der Waals surface area contributed by atoms with Crippen molar-refractivity contribution in [1.29, 1.82) is 0 Å². The van der Waals surface area contributed by atoms with Gasteiger partial charge >= 0.3 is 0 Å². The molecule has 1 atom stereocenters. The van der Waals surface area contributed by atoms with Crippen molar-refractivity contribution in [2.45, 2.75) is 44.8 Å². The maximum Gasteiger partial charge on any atom is 0.255 e. The topological polar surface area (TPSA) is 117 Å². The second-order valence-corrected chi connectivity index (χ2v) is 7.72. The number of carbonyl (C=O) groups is 3. The molecule has 2 aromatic rings. The number of nitrogen functional groups attached to an aromatic ring is 1. The van der Waals surface area contributed by atoms with E-state index in [1.165, 1.54) is 0 Å². The smallest absolute Gasteiger partial charge is 0.255 e. The van der Waals surface area contributed by atoms with Crippen LogP contribution in [-0.2, 0) is 29.1 Å². The van der Waals surface area contributed by atoms with Gasteiger partial charge in [-0.15, -0.1) is 0 Å². The Morgan fingerprint density at radius 3 is 2.83 bits per heavy atom. The highest BCUT2D eigenvalue weighted by molar-refractivity contribution is 6.05. The molecule has 2 aliphatic heterocycles. The Morgan fingerprint density at radius 1 is 1.20 bits per heavy atom. The van der Waals surface area contributed by atoms with Crippen LogP contribution in [0, 0.1) is 0 Å². The van der Waals surface area contributed by atoms with E-state index < -0.39 is 6.04 Å². The molecular formula is C22H25N5O3. The molecule has 0 saturated carbocycles. The molecule has 3 heterocycles. The van der Waals surface area contributed by atoms with Crippen LogP contribution in [0.2, 0.25) is 0 Å². The summed E-state index contributed by atoms with van der Waals surface area (Å²) in [6, 6.07) is 9.01. The van der Waals surface area contributed by atoms with E-state index in [0.717, 1.165) is 36.1 Å². The number of nitrogens with two attached hydrogens (primary N) is 1. The number of nitrogens with zero attached hydrogens (tertiary/aromatic N) is 2. The second-order valence-electron chi connectivity index (χ2n) is 7.72. The monoisotopic (exact) mass is 407 g/mol. The molecule has 0 spiro atoms. The van der Waals surface area contributed by atoms with Crippen LogP contribution in [0.5, 0.6) is 0 Å². The zero-order chi connectivity index (χ0) is 21.1. The minimum atomic E-state index is -0.586. The number of aromatic nitrogens is 1. The highest BCUT2D eigenvalue weighted by Crippen LogP contribution is 2.29. The Labute approximate surface area is 174 Å². The average molecular weight is 407 g/mol. The van der Waals surface area contributed by atoms with Gasteiger partial charge in [0.1, 0.15) is 11.9 Å². The standard InChI is InChI=1S/C22H25N5O3/c23-18-8-6-14(11-25-18)3-2-10-24-12-15-4-1-5-16-13-27(22(30)20(15)16)17-7-9-19(28)26-21(17)29/h1,4-6,8,11,17,24H,2-3,7,9-10,12-13H2,(H2,23,25)(H,26,28,29). The fraction of sp³-hybridized carbons (Fsp3) is 0.364. The summed E-state index contributed by atoms with van der Waals surface area (Å²) in [6.07, 6.45) is 4.26. The summed E-state index contributed by atoms with van der Waals surface area (Å²) in [4.78, 5) is 42.4. The van der Waals surface area contributed by atoms with E-state index in [1.807, 2.05) is 24.3 Å². The summed E-state index contributed by atoms with van der Waals surface area (Å²) in [5, 5.41) is 5.74. The normalized spacial score (nSPS) is 18.5. The molecule has 30 heavy (non-hydrogen) atoms. The Hall–Kier alpha value is -3.26. The van der Waals surface area contributed by atoms with Crippen molar-refractivity contribution in [3.05, 3.63) is 58.8 Å². The lowest BCUT2D eigenvalue weighted by Crippen LogP contribution is -2.52. The van der Waals surface area contributed by atoms with Crippen LogP contribution in [-0.4, -0.2) is 40.2 Å². The van der Waals surface area contributed by atoms with E-state index in [2.05, 4.69) is 15.6 Å². The highest BCUT2D eigenvalue weighted by Gasteiger charge is 2.39. The summed E-state index contributed by atoms with van der Waals surface area (Å²) in [7, 11) is 0. The SMILES string of the molecule is Nc1ccc(CCCNCc2cccc3c2C(=O)N(C2CCC(=O)NC2=O)C3)cn1. The van der Waals surface area contributed by atoms with Crippen molar-refractivity contribution in [1.82, 2.24) is 20.5 Å². The van der Waals surface area contributed by atoms with Crippen molar-refractivity contribution in [3.63, 3.8) is 0 Å². The lowest BCUT2D eigenvalue weighted by atomic mass is 10.0. The highest BCUT2D eigenvalue weighted by atomic mass is 16.2. The number of carbonyl (C=O) groups excluding carboxylic acids is 3. The summed E-state index contributed by atoms with van der Waals surface area (Å²) >= 11 is 0. The van der Waals surface area contributed by atoms with Gasteiger partial charge in [-0.1, -0.05) is 24.3 Å². The van der Waals surface area contributed by atoms with Crippen LogP contribution in [0.25, 0.3) is 0 Å². The number of rotatable bonds is 7. The summed E-state index contributed by atoms with van der Waals surface area (Å²) in [6.45, 7) is 1.79. The fourth-order valence-electron chi connectivity index (χ4n) is 4.06. The first kappa shape index (κ1) is 20.0. The van der Waals surface area contributed by atoms with Crippen LogP contribution in [0.15, 0.2) is 36.5 Å². The van der Waals surface area contributed by atoms with Crippen molar-refractivity contribution in [2.75, 3.05) is 12.3 Å². The third-order valence-electron chi connectivity index (χ3n) is 5.62. The number of hydrogen-bond acceptors (Lipinski definition) is 6. The van der Waals surface area contributed by atoms with Gasteiger partial charge in [-0.25, -0.2) is 4.98 Å². The number of anilines is 1. The molecule has 2 aliphatic rings. The molecule has 8 heteroatoms. The Kier molecular flexibility index (Phi) is 5.76. The van der Waals surface area contributed by atoms with E-state index in [4.69, 9.17) is 5.73 Å². The van der Waals surface area contributed by atoms with Gasteiger partial charge in [-0.2, -0.15) is 0 Å². The predicted octanol–water partition coefficient (Wildman–Crippen LogP) is 1.15. The van der Waals surface area contributed by atoms with Crippen LogP contribution in [0.3, 0.4) is 0 Å². The number of imide groups is 1. The number of aryl methyl sites for hydroxylation is 1. The number of fused-ring (bicyclic) bond motifs is 1. The fourth-order valence-corrected chi connectivity index (χ4v) is 4.06. The van der Waals surface area contributed by atoms with E-state index >= 15 is 0 Å². The molecule has 3 amide bonds. The number of amides is 3. The minimum Gasteiger partial charge on any atom is -0.384 e. The van der Waals surface area contributed by atoms with E-state index in [-0.39, 0.29) is 24.1 Å². The molecule has 0 radical (unpaired) electrons. The summed E-state index contributed by atoms with van der Waals surface area (Å²) in [5.41, 5.74) is 9.28. The lowest BCUT2D eigenvalue weighted by molar-refractivity contribution is -0.136. The first-order valence-electron chi connectivity index (χ1n) is 10.2. The number of piperidine rings is 1. The van der Waals surface area contributed by atoms with Crippen molar-refractivity contribution >= 4 is 23.5 Å². The maximum absolute atomic E-state index is 13.1. The van der Waals surface area contributed by atoms with E-state index in [9.17, 15) is 14.4 Å². The Morgan fingerprint density at radius 2 is 2.07 bits per heavy atom. The van der Waals surface area contributed by atoms with Crippen LogP contribution < -0.4 is 16.4 Å². The third kappa shape index (κ3) is 4.18. The molecule has 8 nitrogen and oxygen atoms in total. The first-order chi connectivity index (χ1) is 14.5. The lowest BCUT2D eigenvalue weighted by Gasteiger charge is -2.29. The van der Waals surface area contributed by atoms with E-state index in [0.29, 0.717) is 30.9 Å². The molecule has 1 aromatic heterocycles. The van der Waals surface area contributed by atoms with E-state index in [1.54, 1.807) is 17.2 Å². The van der Waals surface area contributed by atoms with Crippen molar-refractivity contribution < 1.29 is 14.4 Å². The number of hydrogen-bond donors (Lipinski definition) is 3.